The van der Waals surface area contributed by atoms with Gasteiger partial charge in [-0.3, -0.25) is 4.90 Å². The first-order chi connectivity index (χ1) is 13.2. The van der Waals surface area contributed by atoms with E-state index in [1.165, 1.54) is 11.1 Å². The predicted molar refractivity (Wildman–Crippen MR) is 108 cm³/mol. The van der Waals surface area contributed by atoms with Gasteiger partial charge in [0.1, 0.15) is 5.75 Å². The van der Waals surface area contributed by atoms with Crippen LogP contribution in [0.4, 0.5) is 0 Å². The van der Waals surface area contributed by atoms with Gasteiger partial charge in [-0.05, 0) is 54.8 Å². The quantitative estimate of drug-likeness (QED) is 0.501. The first-order valence-electron chi connectivity index (χ1n) is 9.28. The maximum Gasteiger partial charge on any atom is 0.191 e. The first kappa shape index (κ1) is 18.1. The summed E-state index contributed by atoms with van der Waals surface area (Å²) in [6.45, 7) is 3.26. The highest BCUT2D eigenvalue weighted by molar-refractivity contribution is 7.99. The SMILES string of the molecule is COc1ccc2c(c1)CCN(CCCSc1nnc(-c3ccc[nH]3)n1C)C2. The molecule has 0 atom stereocenters. The molecule has 0 amide bonds. The average Bonchev–Trinajstić information content (AvgIpc) is 3.34. The summed E-state index contributed by atoms with van der Waals surface area (Å²) in [6, 6.07) is 10.4. The van der Waals surface area contributed by atoms with Crippen molar-refractivity contribution in [2.45, 2.75) is 24.5 Å². The van der Waals surface area contributed by atoms with Crippen LogP contribution in [0.25, 0.3) is 11.5 Å². The molecule has 7 heteroatoms. The lowest BCUT2D eigenvalue weighted by molar-refractivity contribution is 0.255. The van der Waals surface area contributed by atoms with Crippen LogP contribution in [0.2, 0.25) is 0 Å². The number of fused-ring (bicyclic) bond motifs is 1. The second kappa shape index (κ2) is 8.19. The maximum atomic E-state index is 5.33. The van der Waals surface area contributed by atoms with Crippen molar-refractivity contribution < 1.29 is 4.74 Å². The van der Waals surface area contributed by atoms with E-state index in [9.17, 15) is 0 Å². The van der Waals surface area contributed by atoms with Gasteiger partial charge in [0.2, 0.25) is 0 Å². The molecule has 1 aliphatic heterocycles. The summed E-state index contributed by atoms with van der Waals surface area (Å²) in [5.41, 5.74) is 3.86. The van der Waals surface area contributed by atoms with Gasteiger partial charge < -0.3 is 14.3 Å². The van der Waals surface area contributed by atoms with Crippen LogP contribution in [-0.4, -0.2) is 50.6 Å². The Morgan fingerprint density at radius 2 is 2.15 bits per heavy atom. The van der Waals surface area contributed by atoms with Crippen molar-refractivity contribution in [3.8, 4) is 17.3 Å². The lowest BCUT2D eigenvalue weighted by Gasteiger charge is -2.28. The molecule has 27 heavy (non-hydrogen) atoms. The summed E-state index contributed by atoms with van der Waals surface area (Å²) in [5, 5.41) is 9.61. The van der Waals surface area contributed by atoms with Gasteiger partial charge in [0.05, 0.1) is 12.8 Å². The highest BCUT2D eigenvalue weighted by Gasteiger charge is 2.17. The zero-order valence-corrected chi connectivity index (χ0v) is 16.6. The Kier molecular flexibility index (Phi) is 5.50. The first-order valence-corrected chi connectivity index (χ1v) is 10.3. The molecule has 1 N–H and O–H groups in total. The minimum absolute atomic E-state index is 0.880. The summed E-state index contributed by atoms with van der Waals surface area (Å²) in [7, 11) is 3.75. The van der Waals surface area contributed by atoms with Gasteiger partial charge in [-0.1, -0.05) is 17.8 Å². The third-order valence-corrected chi connectivity index (χ3v) is 6.13. The number of benzene rings is 1. The van der Waals surface area contributed by atoms with Gasteiger partial charge in [-0.15, -0.1) is 10.2 Å². The van der Waals surface area contributed by atoms with Crippen molar-refractivity contribution in [3.63, 3.8) is 0 Å². The number of nitrogens with one attached hydrogen (secondary N) is 1. The standard InChI is InChI=1S/C20H25N5OS/c1-24-19(18-5-3-9-21-18)22-23-20(24)27-12-4-10-25-11-8-15-13-17(26-2)7-6-16(15)14-25/h3,5-7,9,13,21H,4,8,10-12,14H2,1-2H3. The summed E-state index contributed by atoms with van der Waals surface area (Å²) in [5.74, 6) is 2.88. The Balaban J connectivity index is 1.26. The van der Waals surface area contributed by atoms with E-state index in [-0.39, 0.29) is 0 Å². The molecule has 3 heterocycles. The Morgan fingerprint density at radius 3 is 2.96 bits per heavy atom. The molecule has 4 rings (SSSR count). The molecule has 0 radical (unpaired) electrons. The third-order valence-electron chi connectivity index (χ3n) is 5.03. The fourth-order valence-corrected chi connectivity index (χ4v) is 4.34. The van der Waals surface area contributed by atoms with Crippen molar-refractivity contribution in [2.24, 2.45) is 7.05 Å². The maximum absolute atomic E-state index is 5.33. The van der Waals surface area contributed by atoms with Crippen molar-refractivity contribution in [3.05, 3.63) is 47.7 Å². The van der Waals surface area contributed by atoms with E-state index >= 15 is 0 Å². The number of nitrogens with zero attached hydrogens (tertiary/aromatic N) is 4. The number of ether oxygens (including phenoxy) is 1. The molecule has 0 spiro atoms. The normalized spacial score (nSPS) is 14.3. The molecule has 0 saturated heterocycles. The average molecular weight is 384 g/mol. The molecule has 142 valence electrons. The zero-order valence-electron chi connectivity index (χ0n) is 15.8. The fourth-order valence-electron chi connectivity index (χ4n) is 3.50. The Hall–Kier alpha value is -2.25. The van der Waals surface area contributed by atoms with Crippen LogP contribution < -0.4 is 4.74 Å². The lowest BCUT2D eigenvalue weighted by atomic mass is 9.99. The largest absolute Gasteiger partial charge is 0.497 e. The van der Waals surface area contributed by atoms with E-state index in [1.807, 2.05) is 25.4 Å². The number of rotatable bonds is 7. The molecule has 2 aromatic heterocycles. The van der Waals surface area contributed by atoms with E-state index in [4.69, 9.17) is 4.74 Å². The minimum atomic E-state index is 0.880. The van der Waals surface area contributed by atoms with Gasteiger partial charge in [-0.2, -0.15) is 0 Å². The van der Waals surface area contributed by atoms with Crippen molar-refractivity contribution in [2.75, 3.05) is 26.0 Å². The van der Waals surface area contributed by atoms with Gasteiger partial charge in [0.25, 0.3) is 0 Å². The molecule has 3 aromatic rings. The van der Waals surface area contributed by atoms with Crippen LogP contribution in [-0.2, 0) is 20.0 Å². The molecule has 0 unspecified atom stereocenters. The minimum Gasteiger partial charge on any atom is -0.497 e. The highest BCUT2D eigenvalue weighted by Crippen LogP contribution is 2.25. The molecule has 1 aliphatic rings. The number of hydrogen-bond donors (Lipinski definition) is 1. The molecule has 0 aliphatic carbocycles. The van der Waals surface area contributed by atoms with Gasteiger partial charge in [0.15, 0.2) is 11.0 Å². The molecule has 0 saturated carbocycles. The van der Waals surface area contributed by atoms with Crippen LogP contribution in [0.1, 0.15) is 17.5 Å². The molecular weight excluding hydrogens is 358 g/mol. The summed E-state index contributed by atoms with van der Waals surface area (Å²) in [6.07, 6.45) is 4.15. The van der Waals surface area contributed by atoms with Gasteiger partial charge >= 0.3 is 0 Å². The number of H-pyrrole nitrogens is 1. The number of thioether (sulfide) groups is 1. The Labute approximate surface area is 163 Å². The predicted octanol–water partition coefficient (Wildman–Crippen LogP) is 3.36. The number of methoxy groups -OCH3 is 1. The van der Waals surface area contributed by atoms with Gasteiger partial charge in [-0.25, -0.2) is 0 Å². The van der Waals surface area contributed by atoms with Crippen LogP contribution in [0.3, 0.4) is 0 Å². The zero-order chi connectivity index (χ0) is 18.6. The summed E-state index contributed by atoms with van der Waals surface area (Å²) >= 11 is 1.78. The number of hydrogen-bond acceptors (Lipinski definition) is 5. The molecule has 6 nitrogen and oxygen atoms in total. The number of aromatic amines is 1. The Morgan fingerprint density at radius 1 is 1.22 bits per heavy atom. The topological polar surface area (TPSA) is 59.0 Å². The second-order valence-electron chi connectivity index (χ2n) is 6.81. The summed E-state index contributed by atoms with van der Waals surface area (Å²) in [4.78, 5) is 5.72. The lowest BCUT2D eigenvalue weighted by Crippen LogP contribution is -2.31. The van der Waals surface area contributed by atoms with Crippen molar-refractivity contribution in [1.82, 2.24) is 24.6 Å². The fraction of sp³-hybridized carbons (Fsp3) is 0.400. The van der Waals surface area contributed by atoms with E-state index in [0.717, 1.165) is 60.7 Å². The second-order valence-corrected chi connectivity index (χ2v) is 7.87. The highest BCUT2D eigenvalue weighted by atomic mass is 32.2. The molecular formula is C20H25N5OS. The van der Waals surface area contributed by atoms with Crippen LogP contribution in [0.15, 0.2) is 41.7 Å². The van der Waals surface area contributed by atoms with E-state index in [1.54, 1.807) is 18.9 Å². The summed E-state index contributed by atoms with van der Waals surface area (Å²) < 4.78 is 7.39. The molecule has 1 aromatic carbocycles. The smallest absolute Gasteiger partial charge is 0.191 e. The van der Waals surface area contributed by atoms with Crippen LogP contribution in [0, 0.1) is 0 Å². The van der Waals surface area contributed by atoms with E-state index in [0.29, 0.717) is 0 Å². The van der Waals surface area contributed by atoms with Crippen LogP contribution in [0.5, 0.6) is 5.75 Å². The monoisotopic (exact) mass is 383 g/mol. The number of aromatic nitrogens is 4. The van der Waals surface area contributed by atoms with E-state index in [2.05, 4.69) is 42.8 Å². The van der Waals surface area contributed by atoms with Gasteiger partial charge in [0, 0.05) is 32.1 Å². The third kappa shape index (κ3) is 4.04. The molecule has 0 fully saturated rings. The van der Waals surface area contributed by atoms with Crippen molar-refractivity contribution >= 4 is 11.8 Å². The van der Waals surface area contributed by atoms with Crippen LogP contribution >= 0.6 is 11.8 Å². The van der Waals surface area contributed by atoms with Crippen molar-refractivity contribution in [1.29, 1.82) is 0 Å². The Bertz CT molecular complexity index is 890. The molecule has 0 bridgehead atoms. The van der Waals surface area contributed by atoms with E-state index < -0.39 is 0 Å².